The van der Waals surface area contributed by atoms with Gasteiger partial charge in [0.15, 0.2) is 8.32 Å². The van der Waals surface area contributed by atoms with Crippen molar-refractivity contribution in [3.8, 4) is 0 Å². The molecule has 3 aliphatic rings. The Kier molecular flexibility index (Phi) is 11.7. The third-order valence-corrected chi connectivity index (χ3v) is 14.1. The zero-order chi connectivity index (χ0) is 30.6. The second kappa shape index (κ2) is 14.0. The summed E-state index contributed by atoms with van der Waals surface area (Å²) >= 11 is 0. The number of fused-ring (bicyclic) bond motifs is 1. The average Bonchev–Trinajstić information content (AvgIpc) is 2.83. The van der Waals surface area contributed by atoms with Crippen molar-refractivity contribution in [3.63, 3.8) is 0 Å². The van der Waals surface area contributed by atoms with Crippen LogP contribution in [0.2, 0.25) is 18.1 Å². The lowest BCUT2D eigenvalue weighted by molar-refractivity contribution is -0.161. The second-order valence-corrected chi connectivity index (χ2v) is 20.1. The van der Waals surface area contributed by atoms with E-state index in [1.54, 1.807) is 6.92 Å². The zero-order valence-electron chi connectivity index (χ0n) is 25.8. The number of hydrogen-bond donors (Lipinski definition) is 2. The molecule has 0 aromatic rings. The van der Waals surface area contributed by atoms with Crippen molar-refractivity contribution >= 4 is 27.9 Å². The number of rotatable bonds is 12. The molecule has 0 aromatic carbocycles. The Morgan fingerprint density at radius 1 is 1.22 bits per heavy atom. The summed E-state index contributed by atoms with van der Waals surface area (Å²) in [6, 6.07) is 0. The topological polar surface area (TPSA) is 129 Å². The van der Waals surface area contributed by atoms with E-state index in [1.165, 1.54) is 5.57 Å². The van der Waals surface area contributed by atoms with Gasteiger partial charge in [-0.25, -0.2) is 0 Å². The maximum atomic E-state index is 13.0. The molecular weight excluding hydrogens is 563 g/mol. The van der Waals surface area contributed by atoms with Crippen LogP contribution in [0.5, 0.6) is 0 Å². The SMILES string of the molecule is C[C@H]1C=C2C=CC[C@H](CC[C@@H]3C[C@@H](O[Si](C)(C)C(C)(C)C)CC(=O)O3)[C@H]2[C@@H](OC(=O)[C@@H](C)CCOCP(=O)(O)O)C1. The number of esters is 2. The van der Waals surface area contributed by atoms with Gasteiger partial charge in [0.05, 0.1) is 18.4 Å². The Balaban J connectivity index is 1.61. The van der Waals surface area contributed by atoms with Gasteiger partial charge in [-0.15, -0.1) is 0 Å². The van der Waals surface area contributed by atoms with Crippen LogP contribution in [0.15, 0.2) is 23.8 Å². The van der Waals surface area contributed by atoms with Gasteiger partial charge >= 0.3 is 19.5 Å². The van der Waals surface area contributed by atoms with Crippen LogP contribution in [0.3, 0.4) is 0 Å². The highest BCUT2D eigenvalue weighted by molar-refractivity contribution is 7.51. The van der Waals surface area contributed by atoms with Gasteiger partial charge in [0.2, 0.25) is 0 Å². The molecule has 0 amide bonds. The molecule has 1 heterocycles. The first kappa shape index (κ1) is 34.2. The monoisotopic (exact) mass is 614 g/mol. The molecule has 3 rings (SSSR count). The normalized spacial score (nSPS) is 29.8. The van der Waals surface area contributed by atoms with Gasteiger partial charge < -0.3 is 28.4 Å². The molecule has 2 N–H and O–H groups in total. The van der Waals surface area contributed by atoms with Gasteiger partial charge in [-0.1, -0.05) is 52.8 Å². The minimum atomic E-state index is -4.23. The van der Waals surface area contributed by atoms with Crippen molar-refractivity contribution in [1.82, 2.24) is 0 Å². The zero-order valence-corrected chi connectivity index (χ0v) is 27.7. The largest absolute Gasteiger partial charge is 0.462 e. The average molecular weight is 615 g/mol. The Hall–Kier alpha value is -1.29. The van der Waals surface area contributed by atoms with Gasteiger partial charge in [0, 0.05) is 18.9 Å². The lowest BCUT2D eigenvalue weighted by Crippen LogP contribution is -2.47. The summed E-state index contributed by atoms with van der Waals surface area (Å²) in [6.07, 6.45) is 9.99. The highest BCUT2D eigenvalue weighted by Gasteiger charge is 2.43. The Labute approximate surface area is 246 Å². The van der Waals surface area contributed by atoms with Crippen LogP contribution >= 0.6 is 7.60 Å². The van der Waals surface area contributed by atoms with E-state index >= 15 is 0 Å². The van der Waals surface area contributed by atoms with Crippen molar-refractivity contribution in [2.75, 3.05) is 13.0 Å². The van der Waals surface area contributed by atoms with Crippen LogP contribution in [-0.4, -0.2) is 61.3 Å². The molecule has 11 heteroatoms. The predicted octanol–water partition coefficient (Wildman–Crippen LogP) is 6.11. The van der Waals surface area contributed by atoms with Crippen LogP contribution in [0.4, 0.5) is 0 Å². The second-order valence-electron chi connectivity index (χ2n) is 13.8. The number of hydrogen-bond acceptors (Lipinski definition) is 7. The molecule has 0 aromatic heterocycles. The molecular formula is C30H51O9PSi. The molecule has 1 aliphatic heterocycles. The van der Waals surface area contributed by atoms with Crippen LogP contribution < -0.4 is 0 Å². The van der Waals surface area contributed by atoms with Gasteiger partial charge in [0.1, 0.15) is 18.6 Å². The summed E-state index contributed by atoms with van der Waals surface area (Å²) in [5.74, 6) is -0.337. The fourth-order valence-electron chi connectivity index (χ4n) is 5.85. The standard InChI is InChI=1S/C30H51O9PSi/c1-20-15-23-10-8-9-22(11-12-24-17-25(18-27(31)37-24)39-41(6,7)30(3,4)5)28(23)26(16-20)38-29(32)21(2)13-14-36-19-40(33,34)35/h8,10,15,20-22,24-26,28H,9,11-14,16-19H2,1-7H3,(H2,33,34,35)/t20-,21-,22+,24+,25+,26-,28+/m0/s1. The van der Waals surface area contributed by atoms with E-state index in [4.69, 9.17) is 28.4 Å². The van der Waals surface area contributed by atoms with E-state index < -0.39 is 28.2 Å². The maximum absolute atomic E-state index is 13.0. The number of cyclic esters (lactones) is 1. The van der Waals surface area contributed by atoms with Gasteiger partial charge in [-0.2, -0.15) is 0 Å². The Morgan fingerprint density at radius 3 is 2.59 bits per heavy atom. The third kappa shape index (κ3) is 10.1. The molecule has 0 spiro atoms. The Bertz CT molecular complexity index is 1030. The summed E-state index contributed by atoms with van der Waals surface area (Å²) in [4.78, 5) is 43.4. The quantitative estimate of drug-likeness (QED) is 0.116. The third-order valence-electron chi connectivity index (χ3n) is 9.09. The summed E-state index contributed by atoms with van der Waals surface area (Å²) in [7, 11) is -6.24. The van der Waals surface area contributed by atoms with Crippen LogP contribution in [0.25, 0.3) is 0 Å². The molecule has 41 heavy (non-hydrogen) atoms. The first-order chi connectivity index (χ1) is 18.9. The molecule has 0 bridgehead atoms. The van der Waals surface area contributed by atoms with Gasteiger partial charge in [-0.3, -0.25) is 14.2 Å². The van der Waals surface area contributed by atoms with Gasteiger partial charge in [0.25, 0.3) is 0 Å². The lowest BCUT2D eigenvalue weighted by atomic mass is 9.68. The van der Waals surface area contributed by atoms with Crippen molar-refractivity contribution in [3.05, 3.63) is 23.8 Å². The van der Waals surface area contributed by atoms with Crippen molar-refractivity contribution < 1.29 is 42.6 Å². The first-order valence-electron chi connectivity index (χ1n) is 15.0. The molecule has 9 nitrogen and oxygen atoms in total. The highest BCUT2D eigenvalue weighted by atomic mass is 31.2. The Morgan fingerprint density at radius 2 is 1.93 bits per heavy atom. The summed E-state index contributed by atoms with van der Waals surface area (Å²) in [5, 5.41) is 0.0685. The number of ether oxygens (including phenoxy) is 3. The molecule has 0 unspecified atom stereocenters. The van der Waals surface area contributed by atoms with E-state index in [-0.39, 0.29) is 59.6 Å². The van der Waals surface area contributed by atoms with Crippen LogP contribution in [0.1, 0.15) is 79.6 Å². The minimum Gasteiger partial charge on any atom is -0.462 e. The molecule has 0 radical (unpaired) electrons. The molecule has 234 valence electrons. The molecule has 1 saturated heterocycles. The van der Waals surface area contributed by atoms with E-state index in [0.717, 1.165) is 25.7 Å². The van der Waals surface area contributed by atoms with E-state index in [9.17, 15) is 14.2 Å². The lowest BCUT2D eigenvalue weighted by Gasteiger charge is -2.42. The van der Waals surface area contributed by atoms with Crippen molar-refractivity contribution in [2.24, 2.45) is 23.7 Å². The predicted molar refractivity (Wildman–Crippen MR) is 160 cm³/mol. The maximum Gasteiger partial charge on any atom is 0.350 e. The fraction of sp³-hybridized carbons (Fsp3) is 0.800. The molecule has 2 aliphatic carbocycles. The van der Waals surface area contributed by atoms with E-state index in [1.807, 2.05) is 0 Å². The van der Waals surface area contributed by atoms with Crippen LogP contribution in [-0.2, 0) is 32.8 Å². The van der Waals surface area contributed by atoms with E-state index in [2.05, 4.69) is 59.0 Å². The molecule has 1 fully saturated rings. The summed E-state index contributed by atoms with van der Waals surface area (Å²) < 4.78 is 34.5. The fourth-order valence-corrected chi connectivity index (χ4v) is 7.59. The van der Waals surface area contributed by atoms with Crippen molar-refractivity contribution in [1.29, 1.82) is 0 Å². The first-order valence-corrected chi connectivity index (χ1v) is 19.7. The van der Waals surface area contributed by atoms with E-state index in [0.29, 0.717) is 19.3 Å². The number of allylic oxidation sites excluding steroid dienone is 3. The number of carbonyl (C=O) groups is 2. The minimum absolute atomic E-state index is 0.0685. The molecule has 0 saturated carbocycles. The summed E-state index contributed by atoms with van der Waals surface area (Å²) in [5.41, 5.74) is 1.20. The number of carbonyl (C=O) groups excluding carboxylic acids is 2. The highest BCUT2D eigenvalue weighted by Crippen LogP contribution is 2.44. The smallest absolute Gasteiger partial charge is 0.350 e. The van der Waals surface area contributed by atoms with Crippen molar-refractivity contribution in [2.45, 2.75) is 116 Å². The van der Waals surface area contributed by atoms with Gasteiger partial charge in [-0.05, 0) is 67.6 Å². The molecule has 7 atom stereocenters. The summed E-state index contributed by atoms with van der Waals surface area (Å²) in [6.45, 7) is 15.0. The van der Waals surface area contributed by atoms with Crippen LogP contribution in [0, 0.1) is 23.7 Å².